The van der Waals surface area contributed by atoms with Crippen molar-refractivity contribution in [1.82, 2.24) is 0 Å². The Bertz CT molecular complexity index is 229. The second kappa shape index (κ2) is 3.92. The molecule has 1 rings (SSSR count). The molecule has 1 fully saturated rings. The SMILES string of the molecule is C[C@H](B1OC(C)(C)C(C)(C)O1)[Sn]([CH3])([CH3])[CH3]. The molecular formula is C11H25BO2Sn. The van der Waals surface area contributed by atoms with Crippen LogP contribution in [0.25, 0.3) is 0 Å². The Kier molecular flexibility index (Phi) is 3.61. The molecule has 1 saturated heterocycles. The standard InChI is InChI=1S/C8H16BO2.3CH3.Sn/c1-6-9-10-7(2,3)8(4,5)11-9;;;;/h6H,1-5H3;3*1H3;. The van der Waals surface area contributed by atoms with Crippen molar-refractivity contribution in [1.29, 1.82) is 0 Å². The zero-order valence-electron chi connectivity index (χ0n) is 11.5. The summed E-state index contributed by atoms with van der Waals surface area (Å²) in [4.78, 5) is 7.30. The molecule has 1 heterocycles. The van der Waals surface area contributed by atoms with Crippen LogP contribution in [0.1, 0.15) is 34.6 Å². The van der Waals surface area contributed by atoms with E-state index in [1.807, 2.05) is 0 Å². The van der Waals surface area contributed by atoms with E-state index in [4.69, 9.17) is 9.31 Å². The van der Waals surface area contributed by atoms with Crippen LogP contribution in [0.4, 0.5) is 0 Å². The van der Waals surface area contributed by atoms with Crippen LogP contribution in [0.5, 0.6) is 0 Å². The summed E-state index contributed by atoms with van der Waals surface area (Å²) in [7, 11) is 0.00537. The van der Waals surface area contributed by atoms with Gasteiger partial charge in [-0.2, -0.15) is 0 Å². The summed E-state index contributed by atoms with van der Waals surface area (Å²) in [5, 5.41) is 0. The van der Waals surface area contributed by atoms with E-state index in [0.717, 1.165) is 0 Å². The number of hydrogen-bond acceptors (Lipinski definition) is 2. The quantitative estimate of drug-likeness (QED) is 0.727. The van der Waals surface area contributed by atoms with Gasteiger partial charge in [0.1, 0.15) is 0 Å². The van der Waals surface area contributed by atoms with Crippen molar-refractivity contribution in [3.63, 3.8) is 0 Å². The summed E-state index contributed by atoms with van der Waals surface area (Å²) in [5.41, 5.74) is -0.355. The third kappa shape index (κ3) is 2.72. The predicted molar refractivity (Wildman–Crippen MR) is 68.9 cm³/mol. The minimum absolute atomic E-state index is 0.00537. The fourth-order valence-corrected chi connectivity index (χ4v) is 4.22. The molecule has 0 N–H and O–H groups in total. The van der Waals surface area contributed by atoms with Crippen molar-refractivity contribution in [3.05, 3.63) is 0 Å². The van der Waals surface area contributed by atoms with Crippen LogP contribution in [0.2, 0.25) is 18.7 Å². The first kappa shape index (κ1) is 13.8. The zero-order chi connectivity index (χ0) is 12.1. The van der Waals surface area contributed by atoms with Gasteiger partial charge in [-0.05, 0) is 0 Å². The van der Waals surface area contributed by atoms with Gasteiger partial charge in [-0.15, -0.1) is 0 Å². The molecule has 0 radical (unpaired) electrons. The van der Waals surface area contributed by atoms with Crippen molar-refractivity contribution in [2.24, 2.45) is 0 Å². The molecule has 1 atom stereocenters. The van der Waals surface area contributed by atoms with Crippen LogP contribution in [-0.2, 0) is 9.31 Å². The van der Waals surface area contributed by atoms with Crippen molar-refractivity contribution in [3.8, 4) is 0 Å². The van der Waals surface area contributed by atoms with Gasteiger partial charge in [-0.25, -0.2) is 0 Å². The van der Waals surface area contributed by atoms with E-state index < -0.39 is 18.4 Å². The van der Waals surface area contributed by atoms with E-state index in [1.165, 1.54) is 0 Å². The summed E-state index contributed by atoms with van der Waals surface area (Å²) < 4.78 is 12.8. The Morgan fingerprint density at radius 3 is 1.53 bits per heavy atom. The van der Waals surface area contributed by atoms with Crippen LogP contribution < -0.4 is 0 Å². The Balaban J connectivity index is 2.80. The fourth-order valence-electron chi connectivity index (χ4n) is 1.50. The van der Waals surface area contributed by atoms with Crippen LogP contribution >= 0.6 is 0 Å². The molecule has 0 aromatic carbocycles. The normalized spacial score (nSPS) is 26.8. The van der Waals surface area contributed by atoms with Crippen LogP contribution in [-0.4, -0.2) is 36.7 Å². The Morgan fingerprint density at radius 2 is 1.27 bits per heavy atom. The molecule has 1 aliphatic heterocycles. The Morgan fingerprint density at radius 1 is 0.933 bits per heavy atom. The molecule has 0 bridgehead atoms. The number of hydrogen-bond donors (Lipinski definition) is 0. The van der Waals surface area contributed by atoms with Gasteiger partial charge >= 0.3 is 99.3 Å². The molecule has 15 heavy (non-hydrogen) atoms. The average Bonchev–Trinajstić information content (AvgIpc) is 2.18. The van der Waals surface area contributed by atoms with Gasteiger partial charge in [0.2, 0.25) is 0 Å². The van der Waals surface area contributed by atoms with Crippen LogP contribution in [0.15, 0.2) is 0 Å². The second-order valence-electron chi connectivity index (χ2n) is 6.78. The molecule has 0 saturated carbocycles. The molecule has 0 aromatic heterocycles. The summed E-state index contributed by atoms with van der Waals surface area (Å²) in [6.45, 7) is 10.8. The van der Waals surface area contributed by atoms with E-state index in [-0.39, 0.29) is 18.3 Å². The van der Waals surface area contributed by atoms with Crippen molar-refractivity contribution in [2.75, 3.05) is 0 Å². The van der Waals surface area contributed by atoms with Gasteiger partial charge in [0, 0.05) is 0 Å². The summed E-state index contributed by atoms with van der Waals surface area (Å²) in [5.74, 6) is 0. The third-order valence-electron chi connectivity index (χ3n) is 4.05. The molecule has 0 aromatic rings. The Hall–Kier alpha value is 0.784. The zero-order valence-corrected chi connectivity index (χ0v) is 14.3. The first-order valence-electron chi connectivity index (χ1n) is 5.83. The van der Waals surface area contributed by atoms with Crippen molar-refractivity contribution >= 4 is 25.5 Å². The second-order valence-corrected chi connectivity index (χ2v) is 22.9. The fraction of sp³-hybridized carbons (Fsp3) is 1.00. The minimum atomic E-state index is -1.92. The van der Waals surface area contributed by atoms with Crippen LogP contribution in [0.3, 0.4) is 0 Å². The molecule has 0 amide bonds. The third-order valence-corrected chi connectivity index (χ3v) is 12.6. The maximum absolute atomic E-state index is 6.08. The van der Waals surface area contributed by atoms with Gasteiger partial charge < -0.3 is 0 Å². The molecular weight excluding hydrogens is 294 g/mol. The first-order chi connectivity index (χ1) is 6.47. The van der Waals surface area contributed by atoms with E-state index in [0.29, 0.717) is 3.83 Å². The topological polar surface area (TPSA) is 18.5 Å². The van der Waals surface area contributed by atoms with Crippen molar-refractivity contribution in [2.45, 2.75) is 64.5 Å². The summed E-state index contributed by atoms with van der Waals surface area (Å²) >= 11 is -1.92. The van der Waals surface area contributed by atoms with Gasteiger partial charge in [0.15, 0.2) is 0 Å². The van der Waals surface area contributed by atoms with Crippen molar-refractivity contribution < 1.29 is 9.31 Å². The Labute approximate surface area is 99.1 Å². The molecule has 2 nitrogen and oxygen atoms in total. The summed E-state index contributed by atoms with van der Waals surface area (Å²) in [6, 6.07) is 0. The van der Waals surface area contributed by atoms with Gasteiger partial charge in [-0.3, -0.25) is 0 Å². The van der Waals surface area contributed by atoms with E-state index in [2.05, 4.69) is 49.4 Å². The molecule has 1 aliphatic rings. The van der Waals surface area contributed by atoms with E-state index in [9.17, 15) is 0 Å². The van der Waals surface area contributed by atoms with Gasteiger partial charge in [0.05, 0.1) is 0 Å². The maximum atomic E-state index is 6.08. The van der Waals surface area contributed by atoms with E-state index in [1.54, 1.807) is 0 Å². The van der Waals surface area contributed by atoms with Gasteiger partial charge in [0.25, 0.3) is 0 Å². The molecule has 4 heteroatoms. The van der Waals surface area contributed by atoms with E-state index >= 15 is 0 Å². The molecule has 88 valence electrons. The molecule has 0 unspecified atom stereocenters. The first-order valence-corrected chi connectivity index (χ1v) is 16.0. The van der Waals surface area contributed by atoms with Gasteiger partial charge in [-0.1, -0.05) is 0 Å². The molecule has 0 spiro atoms. The number of rotatable bonds is 2. The van der Waals surface area contributed by atoms with Crippen LogP contribution in [0, 0.1) is 0 Å². The summed E-state index contributed by atoms with van der Waals surface area (Å²) in [6.07, 6.45) is 0. The molecule has 0 aliphatic carbocycles. The monoisotopic (exact) mass is 320 g/mol. The average molecular weight is 319 g/mol. The predicted octanol–water partition coefficient (Wildman–Crippen LogP) is 3.35.